The van der Waals surface area contributed by atoms with Gasteiger partial charge < -0.3 is 9.32 Å². The van der Waals surface area contributed by atoms with Gasteiger partial charge in [0.1, 0.15) is 11.2 Å². The third-order valence-electron chi connectivity index (χ3n) is 17.3. The summed E-state index contributed by atoms with van der Waals surface area (Å²) < 4.78 is 6.79. The summed E-state index contributed by atoms with van der Waals surface area (Å²) in [5.74, 6) is 1.46. The Morgan fingerprint density at radius 1 is 0.457 bits per heavy atom. The van der Waals surface area contributed by atoms with Crippen LogP contribution in [-0.4, -0.2) is 0 Å². The summed E-state index contributed by atoms with van der Waals surface area (Å²) in [6, 6.07) is 79.6. The fourth-order valence-electron chi connectivity index (χ4n) is 14.5. The van der Waals surface area contributed by atoms with Crippen molar-refractivity contribution in [1.29, 1.82) is 0 Å². The molecule has 3 atom stereocenters. The molecule has 0 N–H and O–H groups in total. The number of anilines is 3. The van der Waals surface area contributed by atoms with Crippen molar-refractivity contribution in [1.82, 2.24) is 0 Å². The summed E-state index contributed by atoms with van der Waals surface area (Å²) in [5.41, 5.74) is 23.9. The summed E-state index contributed by atoms with van der Waals surface area (Å²) >= 11 is 0. The molecule has 2 nitrogen and oxygen atoms in total. The molecule has 1 spiro atoms. The highest BCUT2D eigenvalue weighted by atomic mass is 16.3. The zero-order chi connectivity index (χ0) is 46.3. The highest BCUT2D eigenvalue weighted by molar-refractivity contribution is 6.20. The molecule has 3 unspecified atom stereocenters. The average molecular weight is 898 g/mol. The van der Waals surface area contributed by atoms with Crippen molar-refractivity contribution in [3.8, 4) is 55.6 Å². The lowest BCUT2D eigenvalue weighted by molar-refractivity contribution is 0.327. The summed E-state index contributed by atoms with van der Waals surface area (Å²) in [5, 5.41) is 4.60. The van der Waals surface area contributed by atoms with Gasteiger partial charge in [-0.2, -0.15) is 0 Å². The van der Waals surface area contributed by atoms with Gasteiger partial charge in [-0.3, -0.25) is 0 Å². The van der Waals surface area contributed by atoms with Crippen LogP contribution in [0.5, 0.6) is 0 Å². The van der Waals surface area contributed by atoms with E-state index in [2.05, 4.69) is 231 Å². The second kappa shape index (κ2) is 14.8. The molecule has 2 saturated carbocycles. The van der Waals surface area contributed by atoms with Gasteiger partial charge in [-0.25, -0.2) is 0 Å². The maximum Gasteiger partial charge on any atom is 0.143 e. The molecule has 1 heterocycles. The number of nitrogens with zero attached hydrogens (tertiary/aromatic N) is 1. The SMILES string of the molecule is CC1(C)c2ccccc2-c2cccc(-c3ccccc3-c3ccc(N(c4ccc5c(c4)C4(CC6CCC4C6)c4ccccc4-5)c4ccccc4-c4cccc5oc6c7ccccc7ccc6c45)cc3)c21. The Morgan fingerprint density at radius 2 is 1.09 bits per heavy atom. The smallest absolute Gasteiger partial charge is 0.143 e. The van der Waals surface area contributed by atoms with Crippen LogP contribution < -0.4 is 4.90 Å². The molecule has 0 saturated heterocycles. The van der Waals surface area contributed by atoms with E-state index in [1.807, 2.05) is 0 Å². The predicted octanol–water partition coefficient (Wildman–Crippen LogP) is 18.6. The van der Waals surface area contributed by atoms with Gasteiger partial charge in [0.15, 0.2) is 0 Å². The Balaban J connectivity index is 0.917. The molecule has 4 aliphatic carbocycles. The highest BCUT2D eigenvalue weighted by Gasteiger charge is 2.56. The van der Waals surface area contributed by atoms with Crippen molar-refractivity contribution in [2.75, 3.05) is 4.90 Å². The number of para-hydroxylation sites is 1. The summed E-state index contributed by atoms with van der Waals surface area (Å²) in [6.45, 7) is 4.78. The van der Waals surface area contributed by atoms with Crippen molar-refractivity contribution < 1.29 is 4.42 Å². The van der Waals surface area contributed by atoms with E-state index in [0.717, 1.165) is 50.2 Å². The van der Waals surface area contributed by atoms with Crippen LogP contribution in [0.1, 0.15) is 61.8 Å². The molecular weight excluding hydrogens is 847 g/mol. The second-order valence-corrected chi connectivity index (χ2v) is 21.1. The molecular formula is C68H51NO. The quantitative estimate of drug-likeness (QED) is 0.165. The van der Waals surface area contributed by atoms with Gasteiger partial charge >= 0.3 is 0 Å². The zero-order valence-electron chi connectivity index (χ0n) is 39.5. The van der Waals surface area contributed by atoms with Crippen LogP contribution in [0.25, 0.3) is 88.3 Å². The number of hydrogen-bond acceptors (Lipinski definition) is 2. The number of furan rings is 1. The Hall–Kier alpha value is -7.94. The molecule has 2 heteroatoms. The maximum atomic E-state index is 6.79. The van der Waals surface area contributed by atoms with Crippen molar-refractivity contribution in [3.63, 3.8) is 0 Å². The van der Waals surface area contributed by atoms with E-state index in [1.54, 1.807) is 5.56 Å². The molecule has 0 radical (unpaired) electrons. The minimum Gasteiger partial charge on any atom is -0.455 e. The molecule has 2 fully saturated rings. The van der Waals surface area contributed by atoms with E-state index < -0.39 is 0 Å². The first-order valence-corrected chi connectivity index (χ1v) is 25.4. The van der Waals surface area contributed by atoms with Crippen LogP contribution in [0.15, 0.2) is 217 Å². The summed E-state index contributed by atoms with van der Waals surface area (Å²) in [7, 11) is 0. The second-order valence-electron chi connectivity index (χ2n) is 21.1. The van der Waals surface area contributed by atoms with Crippen LogP contribution in [0, 0.1) is 11.8 Å². The van der Waals surface area contributed by atoms with Crippen LogP contribution in [0.3, 0.4) is 0 Å². The first-order chi connectivity index (χ1) is 34.5. The monoisotopic (exact) mass is 897 g/mol. The highest BCUT2D eigenvalue weighted by Crippen LogP contribution is 2.66. The minimum atomic E-state index is -0.123. The van der Waals surface area contributed by atoms with E-state index in [-0.39, 0.29) is 10.8 Å². The maximum absolute atomic E-state index is 6.79. The van der Waals surface area contributed by atoms with E-state index in [9.17, 15) is 0 Å². The molecule has 0 aliphatic heterocycles. The average Bonchev–Trinajstić information content (AvgIpc) is 4.24. The molecule has 11 aromatic rings. The summed E-state index contributed by atoms with van der Waals surface area (Å²) in [6.07, 6.45) is 5.25. The Kier molecular flexibility index (Phi) is 8.45. The molecule has 2 bridgehead atoms. The predicted molar refractivity (Wildman–Crippen MR) is 291 cm³/mol. The zero-order valence-corrected chi connectivity index (χ0v) is 39.5. The van der Waals surface area contributed by atoms with Gasteiger partial charge in [-0.15, -0.1) is 0 Å². The lowest BCUT2D eigenvalue weighted by Crippen LogP contribution is -2.32. The summed E-state index contributed by atoms with van der Waals surface area (Å²) in [4.78, 5) is 2.54. The third-order valence-corrected chi connectivity index (χ3v) is 17.3. The molecule has 334 valence electrons. The first-order valence-electron chi connectivity index (χ1n) is 25.4. The first kappa shape index (κ1) is 40.0. The standard InChI is InChI=1S/C68H51NO/c1-67(2)59-25-10-7-20-52(59)57-24-13-23-56(65(57)67)50-18-6-5-16-48(50)44-30-34-46(35-31-44)69(47-36-38-53-51-19-8-11-26-60(51)68(61(53)40-47)41-42-29-33-45(68)39-42)62-27-12-9-21-54(62)55-22-14-28-63-64(55)58-37-32-43-15-3-4-17-49(43)66(58)70-63/h3-28,30-32,34-38,40,42,45H,29,33,39,41H2,1-2H3. The fourth-order valence-corrected chi connectivity index (χ4v) is 14.5. The van der Waals surface area contributed by atoms with Gasteiger partial charge in [-0.05, 0) is 151 Å². The number of benzene rings is 10. The Labute approximate surface area is 409 Å². The topological polar surface area (TPSA) is 16.4 Å². The van der Waals surface area contributed by atoms with Crippen molar-refractivity contribution >= 4 is 49.8 Å². The van der Waals surface area contributed by atoms with Crippen LogP contribution in [0.2, 0.25) is 0 Å². The largest absolute Gasteiger partial charge is 0.455 e. The lowest BCUT2D eigenvalue weighted by Gasteiger charge is -2.37. The van der Waals surface area contributed by atoms with Gasteiger partial charge in [0.05, 0.1) is 5.69 Å². The normalized spacial score (nSPS) is 18.9. The van der Waals surface area contributed by atoms with Gasteiger partial charge in [-0.1, -0.05) is 190 Å². The number of hydrogen-bond donors (Lipinski definition) is 0. The fraction of sp³-hybridized carbons (Fsp3) is 0.147. The molecule has 70 heavy (non-hydrogen) atoms. The Bertz CT molecular complexity index is 3960. The number of rotatable bonds is 6. The van der Waals surface area contributed by atoms with Gasteiger partial charge in [0, 0.05) is 43.9 Å². The molecule has 10 aromatic carbocycles. The van der Waals surface area contributed by atoms with Crippen LogP contribution in [-0.2, 0) is 10.8 Å². The number of fused-ring (bicyclic) bond motifs is 16. The van der Waals surface area contributed by atoms with Gasteiger partial charge in [0.2, 0.25) is 0 Å². The third kappa shape index (κ3) is 5.51. The molecule has 4 aliphatic rings. The lowest BCUT2D eigenvalue weighted by atomic mass is 9.67. The van der Waals surface area contributed by atoms with E-state index in [4.69, 9.17) is 4.42 Å². The van der Waals surface area contributed by atoms with E-state index in [0.29, 0.717) is 5.92 Å². The van der Waals surface area contributed by atoms with E-state index in [1.165, 1.54) is 104 Å². The van der Waals surface area contributed by atoms with Crippen molar-refractivity contribution in [2.45, 2.75) is 50.4 Å². The molecule has 0 amide bonds. The van der Waals surface area contributed by atoms with Crippen molar-refractivity contribution in [3.05, 3.63) is 235 Å². The molecule has 1 aromatic heterocycles. The van der Waals surface area contributed by atoms with Gasteiger partial charge in [0.25, 0.3) is 0 Å². The van der Waals surface area contributed by atoms with Crippen molar-refractivity contribution in [2.24, 2.45) is 11.8 Å². The minimum absolute atomic E-state index is 0.0568. The van der Waals surface area contributed by atoms with E-state index >= 15 is 0 Å². The molecule has 15 rings (SSSR count). The Morgan fingerprint density at radius 3 is 1.89 bits per heavy atom. The van der Waals surface area contributed by atoms with Crippen LogP contribution in [0.4, 0.5) is 17.1 Å². The van der Waals surface area contributed by atoms with Crippen LogP contribution >= 0.6 is 0 Å².